The largest absolute Gasteiger partial charge is 0.384 e. The smallest absolute Gasteiger partial charge is 0.0625 e. The van der Waals surface area contributed by atoms with Gasteiger partial charge in [-0.2, -0.15) is 0 Å². The van der Waals surface area contributed by atoms with Crippen LogP contribution in [0.2, 0.25) is 0 Å². The maximum absolute atomic E-state index is 6.50. The molecule has 0 heterocycles. The average molecular weight is 354 g/mol. The summed E-state index contributed by atoms with van der Waals surface area (Å²) in [7, 11) is 1.72. The van der Waals surface area contributed by atoms with Crippen LogP contribution in [0.25, 0.3) is 0 Å². The van der Waals surface area contributed by atoms with E-state index in [0.717, 1.165) is 29.5 Å². The van der Waals surface area contributed by atoms with Crippen LogP contribution < -0.4 is 0 Å². The van der Waals surface area contributed by atoms with Crippen molar-refractivity contribution in [1.82, 2.24) is 0 Å². The first-order valence-electron chi connectivity index (χ1n) is 6.65. The lowest BCUT2D eigenvalue weighted by atomic mass is 10.0. The molecule has 106 valence electrons. The van der Waals surface area contributed by atoms with E-state index in [0.29, 0.717) is 0 Å². The van der Waals surface area contributed by atoms with Gasteiger partial charge in [-0.1, -0.05) is 52.3 Å². The third-order valence-electron chi connectivity index (χ3n) is 3.26. The standard InChI is InChI=1S/C17H18BrClO/c1-20-11-10-13-2-6-15(7-3-13)17(19)12-14-4-8-16(18)9-5-14/h2-9,17H,10-12H2,1H3. The van der Waals surface area contributed by atoms with Gasteiger partial charge in [0.15, 0.2) is 0 Å². The molecule has 1 unspecified atom stereocenters. The maximum Gasteiger partial charge on any atom is 0.0625 e. The van der Waals surface area contributed by atoms with E-state index in [2.05, 4.69) is 52.3 Å². The van der Waals surface area contributed by atoms with Gasteiger partial charge in [0, 0.05) is 11.6 Å². The summed E-state index contributed by atoms with van der Waals surface area (Å²) in [4.78, 5) is 0. The van der Waals surface area contributed by atoms with Crippen molar-refractivity contribution in [2.24, 2.45) is 0 Å². The highest BCUT2D eigenvalue weighted by atomic mass is 79.9. The van der Waals surface area contributed by atoms with E-state index < -0.39 is 0 Å². The molecule has 2 rings (SSSR count). The molecule has 0 aliphatic heterocycles. The number of halogens is 2. The van der Waals surface area contributed by atoms with E-state index in [-0.39, 0.29) is 5.38 Å². The molecule has 0 aliphatic rings. The van der Waals surface area contributed by atoms with Gasteiger partial charge in [0.2, 0.25) is 0 Å². The van der Waals surface area contributed by atoms with Crippen molar-refractivity contribution >= 4 is 27.5 Å². The number of ether oxygens (including phenoxy) is 1. The molecule has 0 spiro atoms. The summed E-state index contributed by atoms with van der Waals surface area (Å²) < 4.78 is 6.17. The Morgan fingerprint density at radius 1 is 1.00 bits per heavy atom. The van der Waals surface area contributed by atoms with Crippen LogP contribution in [0.3, 0.4) is 0 Å². The van der Waals surface area contributed by atoms with Crippen LogP contribution in [0.1, 0.15) is 22.1 Å². The van der Waals surface area contributed by atoms with Gasteiger partial charge in [-0.05, 0) is 41.7 Å². The molecule has 20 heavy (non-hydrogen) atoms. The van der Waals surface area contributed by atoms with Gasteiger partial charge in [0.05, 0.1) is 12.0 Å². The molecule has 0 saturated carbocycles. The molecule has 0 fully saturated rings. The van der Waals surface area contributed by atoms with E-state index in [9.17, 15) is 0 Å². The topological polar surface area (TPSA) is 9.23 Å². The summed E-state index contributed by atoms with van der Waals surface area (Å²) in [5.74, 6) is 0. The number of methoxy groups -OCH3 is 1. The van der Waals surface area contributed by atoms with Crippen molar-refractivity contribution in [2.75, 3.05) is 13.7 Å². The van der Waals surface area contributed by atoms with Gasteiger partial charge in [-0.25, -0.2) is 0 Å². The highest BCUT2D eigenvalue weighted by Crippen LogP contribution is 2.26. The zero-order valence-electron chi connectivity index (χ0n) is 11.5. The Morgan fingerprint density at radius 3 is 2.20 bits per heavy atom. The van der Waals surface area contributed by atoms with Crippen LogP contribution in [0.5, 0.6) is 0 Å². The van der Waals surface area contributed by atoms with Gasteiger partial charge < -0.3 is 4.74 Å². The summed E-state index contributed by atoms with van der Waals surface area (Å²) >= 11 is 9.94. The molecule has 1 nitrogen and oxygen atoms in total. The van der Waals surface area contributed by atoms with Crippen LogP contribution in [-0.2, 0) is 17.6 Å². The van der Waals surface area contributed by atoms with Crippen molar-refractivity contribution < 1.29 is 4.74 Å². The Bertz CT molecular complexity index is 522. The minimum Gasteiger partial charge on any atom is -0.384 e. The van der Waals surface area contributed by atoms with E-state index in [1.165, 1.54) is 11.1 Å². The van der Waals surface area contributed by atoms with Crippen molar-refractivity contribution in [3.63, 3.8) is 0 Å². The lowest BCUT2D eigenvalue weighted by Crippen LogP contribution is -1.98. The molecule has 2 aromatic carbocycles. The van der Waals surface area contributed by atoms with E-state index in [4.69, 9.17) is 16.3 Å². The molecular formula is C17H18BrClO. The molecule has 1 atom stereocenters. The molecule has 0 saturated heterocycles. The van der Waals surface area contributed by atoms with Crippen molar-refractivity contribution in [2.45, 2.75) is 18.2 Å². The Kier molecular flexibility index (Phi) is 6.08. The zero-order valence-corrected chi connectivity index (χ0v) is 13.8. The van der Waals surface area contributed by atoms with Gasteiger partial charge in [-0.3, -0.25) is 0 Å². The second kappa shape index (κ2) is 7.82. The van der Waals surface area contributed by atoms with Crippen LogP contribution in [0.15, 0.2) is 53.0 Å². The van der Waals surface area contributed by atoms with Gasteiger partial charge in [-0.15, -0.1) is 11.6 Å². The minimum atomic E-state index is 0.00708. The van der Waals surface area contributed by atoms with E-state index >= 15 is 0 Å². The van der Waals surface area contributed by atoms with Gasteiger partial charge in [0.25, 0.3) is 0 Å². The first kappa shape index (κ1) is 15.6. The van der Waals surface area contributed by atoms with Crippen LogP contribution >= 0.6 is 27.5 Å². The second-order valence-corrected chi connectivity index (χ2v) is 6.23. The summed E-state index contributed by atoms with van der Waals surface area (Å²) in [6, 6.07) is 16.8. The number of rotatable bonds is 6. The summed E-state index contributed by atoms with van der Waals surface area (Å²) in [6.45, 7) is 0.753. The van der Waals surface area contributed by atoms with Crippen molar-refractivity contribution in [1.29, 1.82) is 0 Å². The third-order valence-corrected chi connectivity index (χ3v) is 4.20. The van der Waals surface area contributed by atoms with Crippen LogP contribution in [0, 0.1) is 0 Å². The molecule has 0 bridgehead atoms. The number of hydrogen-bond donors (Lipinski definition) is 0. The maximum atomic E-state index is 6.50. The molecule has 0 aliphatic carbocycles. The van der Waals surface area contributed by atoms with Crippen LogP contribution in [0.4, 0.5) is 0 Å². The molecule has 0 amide bonds. The Hall–Kier alpha value is -0.830. The summed E-state index contributed by atoms with van der Waals surface area (Å²) in [5, 5.41) is 0.00708. The van der Waals surface area contributed by atoms with Gasteiger partial charge >= 0.3 is 0 Å². The lowest BCUT2D eigenvalue weighted by Gasteiger charge is -2.11. The SMILES string of the molecule is COCCc1ccc(C(Cl)Cc2ccc(Br)cc2)cc1. The Labute approximate surface area is 134 Å². The average Bonchev–Trinajstić information content (AvgIpc) is 2.48. The second-order valence-electron chi connectivity index (χ2n) is 4.78. The minimum absolute atomic E-state index is 0.00708. The fourth-order valence-corrected chi connectivity index (χ4v) is 2.65. The third kappa shape index (κ3) is 4.62. The first-order chi connectivity index (χ1) is 9.69. The number of alkyl halides is 1. The Balaban J connectivity index is 1.98. The van der Waals surface area contributed by atoms with Gasteiger partial charge in [0.1, 0.15) is 0 Å². The lowest BCUT2D eigenvalue weighted by molar-refractivity contribution is 0.202. The molecule has 2 aromatic rings. The highest BCUT2D eigenvalue weighted by molar-refractivity contribution is 9.10. The van der Waals surface area contributed by atoms with Crippen LogP contribution in [-0.4, -0.2) is 13.7 Å². The van der Waals surface area contributed by atoms with Crippen molar-refractivity contribution in [3.05, 3.63) is 69.7 Å². The molecule has 0 radical (unpaired) electrons. The monoisotopic (exact) mass is 352 g/mol. The molecule has 0 aromatic heterocycles. The molecule has 3 heteroatoms. The fourth-order valence-electron chi connectivity index (χ4n) is 2.06. The summed E-state index contributed by atoms with van der Waals surface area (Å²) in [5.41, 5.74) is 3.69. The Morgan fingerprint density at radius 2 is 1.60 bits per heavy atom. The predicted octanol–water partition coefficient (Wildman–Crippen LogP) is 5.16. The van der Waals surface area contributed by atoms with E-state index in [1.807, 2.05) is 12.1 Å². The molecular weight excluding hydrogens is 336 g/mol. The quantitative estimate of drug-likeness (QED) is 0.652. The fraction of sp³-hybridized carbons (Fsp3) is 0.294. The number of hydrogen-bond acceptors (Lipinski definition) is 1. The normalized spacial score (nSPS) is 12.3. The molecule has 0 N–H and O–H groups in total. The van der Waals surface area contributed by atoms with Crippen molar-refractivity contribution in [3.8, 4) is 0 Å². The predicted molar refractivity (Wildman–Crippen MR) is 88.5 cm³/mol. The van der Waals surface area contributed by atoms with E-state index in [1.54, 1.807) is 7.11 Å². The number of benzene rings is 2. The summed E-state index contributed by atoms with van der Waals surface area (Å²) in [6.07, 6.45) is 1.78. The zero-order chi connectivity index (χ0) is 14.4. The highest BCUT2D eigenvalue weighted by Gasteiger charge is 2.09. The first-order valence-corrected chi connectivity index (χ1v) is 7.88.